The molecule has 1 N–H and O–H groups in total. The van der Waals surface area contributed by atoms with Crippen molar-refractivity contribution in [2.75, 3.05) is 19.7 Å². The molecule has 2 aliphatic carbocycles. The Balaban J connectivity index is 1.36. The van der Waals surface area contributed by atoms with Gasteiger partial charge in [0.05, 0.1) is 6.61 Å². The van der Waals surface area contributed by atoms with Crippen molar-refractivity contribution in [1.82, 2.24) is 10.2 Å². The summed E-state index contributed by atoms with van der Waals surface area (Å²) in [7, 11) is 0. The number of hydrogen-bond donors (Lipinski definition) is 1. The molecule has 3 aliphatic rings. The minimum absolute atomic E-state index is 0.104. The van der Waals surface area contributed by atoms with E-state index in [9.17, 15) is 9.59 Å². The summed E-state index contributed by atoms with van der Waals surface area (Å²) in [5.74, 6) is 1.24. The summed E-state index contributed by atoms with van der Waals surface area (Å²) in [6.07, 6.45) is 9.59. The van der Waals surface area contributed by atoms with E-state index in [1.807, 2.05) is 11.8 Å². The molecule has 24 heavy (non-hydrogen) atoms. The van der Waals surface area contributed by atoms with Gasteiger partial charge in [0.2, 0.25) is 5.91 Å². The van der Waals surface area contributed by atoms with E-state index in [1.54, 1.807) is 0 Å². The maximum atomic E-state index is 12.4. The van der Waals surface area contributed by atoms with Crippen molar-refractivity contribution in [1.29, 1.82) is 0 Å². The van der Waals surface area contributed by atoms with E-state index in [0.717, 1.165) is 45.4 Å². The standard InChI is InChI=1S/C19H32N2O3/c1-14(24-13-15-7-8-15)19(23)21-11-9-17(10-12-21)20-18(22)16-5-3-2-4-6-16/h14-17H,2-13H2,1H3,(H,20,22). The van der Waals surface area contributed by atoms with Gasteiger partial charge in [0.1, 0.15) is 6.10 Å². The molecular formula is C19H32N2O3. The lowest BCUT2D eigenvalue weighted by Crippen LogP contribution is -2.50. The fraction of sp³-hybridized carbons (Fsp3) is 0.895. The highest BCUT2D eigenvalue weighted by molar-refractivity contribution is 5.81. The number of carbonyl (C=O) groups is 2. The van der Waals surface area contributed by atoms with Gasteiger partial charge in [0.25, 0.3) is 5.91 Å². The first-order chi connectivity index (χ1) is 11.6. The summed E-state index contributed by atoms with van der Waals surface area (Å²) in [6, 6.07) is 0.228. The first kappa shape index (κ1) is 17.7. The van der Waals surface area contributed by atoms with Crippen molar-refractivity contribution < 1.29 is 14.3 Å². The molecule has 0 aromatic carbocycles. The second-order valence-electron chi connectivity index (χ2n) is 7.86. The third kappa shape index (κ3) is 4.95. The lowest BCUT2D eigenvalue weighted by atomic mass is 9.88. The summed E-state index contributed by atoms with van der Waals surface area (Å²) < 4.78 is 5.69. The van der Waals surface area contributed by atoms with E-state index in [1.165, 1.54) is 32.1 Å². The van der Waals surface area contributed by atoms with Crippen LogP contribution in [0.3, 0.4) is 0 Å². The zero-order chi connectivity index (χ0) is 16.9. The van der Waals surface area contributed by atoms with Crippen LogP contribution in [0.2, 0.25) is 0 Å². The number of hydrogen-bond acceptors (Lipinski definition) is 3. The lowest BCUT2D eigenvalue weighted by molar-refractivity contribution is -0.144. The molecule has 1 atom stereocenters. The zero-order valence-electron chi connectivity index (χ0n) is 15.0. The molecule has 0 spiro atoms. The van der Waals surface area contributed by atoms with Crippen LogP contribution in [0.25, 0.3) is 0 Å². The minimum atomic E-state index is -0.334. The number of nitrogens with one attached hydrogen (secondary N) is 1. The van der Waals surface area contributed by atoms with Crippen LogP contribution < -0.4 is 5.32 Å². The Labute approximate surface area is 145 Å². The topological polar surface area (TPSA) is 58.6 Å². The molecule has 0 bridgehead atoms. The third-order valence-corrected chi connectivity index (χ3v) is 5.76. The van der Waals surface area contributed by atoms with Crippen LogP contribution in [0.1, 0.15) is 64.7 Å². The Morgan fingerprint density at radius 1 is 1.04 bits per heavy atom. The number of rotatable bonds is 6. The molecule has 5 heteroatoms. The Bertz CT molecular complexity index is 436. The molecule has 0 radical (unpaired) electrons. The van der Waals surface area contributed by atoms with Gasteiger partial charge < -0.3 is 15.0 Å². The molecule has 3 rings (SSSR count). The molecule has 3 fully saturated rings. The molecule has 1 aliphatic heterocycles. The number of carbonyl (C=O) groups excluding carboxylic acids is 2. The molecule has 1 unspecified atom stereocenters. The normalized spacial score (nSPS) is 24.6. The van der Waals surface area contributed by atoms with Crippen LogP contribution in [-0.4, -0.2) is 48.6 Å². The van der Waals surface area contributed by atoms with Gasteiger partial charge in [-0.3, -0.25) is 9.59 Å². The third-order valence-electron chi connectivity index (χ3n) is 5.76. The van der Waals surface area contributed by atoms with Crippen LogP contribution in [0.4, 0.5) is 0 Å². The van der Waals surface area contributed by atoms with E-state index >= 15 is 0 Å². The minimum Gasteiger partial charge on any atom is -0.368 e. The van der Waals surface area contributed by atoms with Crippen LogP contribution in [0.5, 0.6) is 0 Å². The molecule has 136 valence electrons. The van der Waals surface area contributed by atoms with Gasteiger partial charge in [-0.15, -0.1) is 0 Å². The van der Waals surface area contributed by atoms with Gasteiger partial charge in [-0.25, -0.2) is 0 Å². The van der Waals surface area contributed by atoms with E-state index in [2.05, 4.69) is 5.32 Å². The monoisotopic (exact) mass is 336 g/mol. The molecule has 2 amide bonds. The fourth-order valence-corrected chi connectivity index (χ4v) is 3.82. The van der Waals surface area contributed by atoms with Crippen molar-refractivity contribution in [3.63, 3.8) is 0 Å². The fourth-order valence-electron chi connectivity index (χ4n) is 3.82. The van der Waals surface area contributed by atoms with Gasteiger partial charge in [0, 0.05) is 25.0 Å². The number of amides is 2. The average molecular weight is 336 g/mol. The van der Waals surface area contributed by atoms with E-state index < -0.39 is 0 Å². The Kier molecular flexibility index (Phi) is 6.14. The molecule has 0 aromatic rings. The van der Waals surface area contributed by atoms with Crippen molar-refractivity contribution in [3.8, 4) is 0 Å². The predicted octanol–water partition coefficient (Wildman–Crippen LogP) is 2.49. The maximum Gasteiger partial charge on any atom is 0.251 e. The Morgan fingerprint density at radius 2 is 1.71 bits per heavy atom. The van der Waals surface area contributed by atoms with Gasteiger partial charge >= 0.3 is 0 Å². The predicted molar refractivity (Wildman–Crippen MR) is 92.5 cm³/mol. The smallest absolute Gasteiger partial charge is 0.251 e. The molecule has 5 nitrogen and oxygen atoms in total. The molecule has 0 aromatic heterocycles. The molecule has 2 saturated carbocycles. The largest absolute Gasteiger partial charge is 0.368 e. The van der Waals surface area contributed by atoms with Crippen molar-refractivity contribution in [2.45, 2.75) is 76.9 Å². The van der Waals surface area contributed by atoms with Crippen molar-refractivity contribution in [2.24, 2.45) is 11.8 Å². The summed E-state index contributed by atoms with van der Waals surface area (Å²) in [5.41, 5.74) is 0. The maximum absolute atomic E-state index is 12.4. The summed E-state index contributed by atoms with van der Waals surface area (Å²) >= 11 is 0. The van der Waals surface area contributed by atoms with Crippen LogP contribution in [0, 0.1) is 11.8 Å². The van der Waals surface area contributed by atoms with E-state index in [-0.39, 0.29) is 29.9 Å². The quantitative estimate of drug-likeness (QED) is 0.811. The van der Waals surface area contributed by atoms with Gasteiger partial charge in [-0.2, -0.15) is 0 Å². The molecule has 1 heterocycles. The highest BCUT2D eigenvalue weighted by Gasteiger charge is 2.30. The highest BCUT2D eigenvalue weighted by atomic mass is 16.5. The molecule has 1 saturated heterocycles. The zero-order valence-corrected chi connectivity index (χ0v) is 15.0. The van der Waals surface area contributed by atoms with Crippen molar-refractivity contribution >= 4 is 11.8 Å². The summed E-state index contributed by atoms with van der Waals surface area (Å²) in [4.78, 5) is 26.7. The second kappa shape index (κ2) is 8.32. The second-order valence-corrected chi connectivity index (χ2v) is 7.86. The first-order valence-corrected chi connectivity index (χ1v) is 9.84. The molecular weight excluding hydrogens is 304 g/mol. The van der Waals surface area contributed by atoms with Gasteiger partial charge in [-0.05, 0) is 51.4 Å². The van der Waals surface area contributed by atoms with E-state index in [0.29, 0.717) is 5.92 Å². The number of likely N-dealkylation sites (tertiary alicyclic amines) is 1. The SMILES string of the molecule is CC(OCC1CC1)C(=O)N1CCC(NC(=O)C2CCCCC2)CC1. The van der Waals surface area contributed by atoms with Gasteiger partial charge in [0.15, 0.2) is 0 Å². The highest BCUT2D eigenvalue weighted by Crippen LogP contribution is 2.29. The van der Waals surface area contributed by atoms with Crippen molar-refractivity contribution in [3.05, 3.63) is 0 Å². The number of piperidine rings is 1. The average Bonchev–Trinajstić information content (AvgIpc) is 3.45. The Hall–Kier alpha value is -1.10. The lowest BCUT2D eigenvalue weighted by Gasteiger charge is -2.34. The Morgan fingerprint density at radius 3 is 2.33 bits per heavy atom. The number of nitrogens with zero attached hydrogens (tertiary/aromatic N) is 1. The summed E-state index contributed by atoms with van der Waals surface area (Å²) in [6.45, 7) is 4.04. The van der Waals surface area contributed by atoms with E-state index in [4.69, 9.17) is 4.74 Å². The van der Waals surface area contributed by atoms with Gasteiger partial charge in [-0.1, -0.05) is 19.3 Å². The first-order valence-electron chi connectivity index (χ1n) is 9.84. The van der Waals surface area contributed by atoms with Crippen LogP contribution >= 0.6 is 0 Å². The van der Waals surface area contributed by atoms with Crippen LogP contribution in [0.15, 0.2) is 0 Å². The number of ether oxygens (including phenoxy) is 1. The summed E-state index contributed by atoms with van der Waals surface area (Å²) in [5, 5.41) is 3.22. The van der Waals surface area contributed by atoms with Crippen LogP contribution in [-0.2, 0) is 14.3 Å².